The number of carbonyl (C=O) groups excluding carboxylic acids is 1. The fourth-order valence-electron chi connectivity index (χ4n) is 2.49. The van der Waals surface area contributed by atoms with E-state index in [9.17, 15) is 4.79 Å². The summed E-state index contributed by atoms with van der Waals surface area (Å²) in [7, 11) is 1.61. The van der Waals surface area contributed by atoms with Crippen molar-refractivity contribution in [3.05, 3.63) is 58.0 Å². The Kier molecular flexibility index (Phi) is 5.57. The Morgan fingerprint density at radius 3 is 2.80 bits per heavy atom. The molecule has 3 rings (SSSR count). The summed E-state index contributed by atoms with van der Waals surface area (Å²) in [6.07, 6.45) is 0.834. The smallest absolute Gasteiger partial charge is 0.251 e. The summed E-state index contributed by atoms with van der Waals surface area (Å²) >= 11 is 1.70. The van der Waals surface area contributed by atoms with E-state index in [0.29, 0.717) is 23.8 Å². The maximum Gasteiger partial charge on any atom is 0.251 e. The van der Waals surface area contributed by atoms with Crippen molar-refractivity contribution in [1.29, 1.82) is 0 Å². The van der Waals surface area contributed by atoms with E-state index in [1.54, 1.807) is 30.6 Å². The lowest BCUT2D eigenvalue weighted by Crippen LogP contribution is -2.33. The van der Waals surface area contributed by atoms with Crippen LogP contribution in [-0.4, -0.2) is 34.2 Å². The summed E-state index contributed by atoms with van der Waals surface area (Å²) in [6.45, 7) is 2.40. The van der Waals surface area contributed by atoms with Crippen molar-refractivity contribution in [3.8, 4) is 11.4 Å². The number of amides is 1. The Hall–Kier alpha value is -2.51. The molecule has 7 heteroatoms. The maximum atomic E-state index is 12.4. The molecule has 2 N–H and O–H groups in total. The predicted molar refractivity (Wildman–Crippen MR) is 97.5 cm³/mol. The lowest BCUT2D eigenvalue weighted by Gasteiger charge is -2.13. The number of aromatic amines is 1. The predicted octanol–water partition coefficient (Wildman–Crippen LogP) is 3.04. The minimum atomic E-state index is -0.0781. The normalized spacial score (nSPS) is 12.1. The van der Waals surface area contributed by atoms with Gasteiger partial charge in [0.25, 0.3) is 5.91 Å². The number of benzene rings is 1. The lowest BCUT2D eigenvalue weighted by atomic mass is 10.1. The van der Waals surface area contributed by atoms with Gasteiger partial charge in [-0.05, 0) is 30.5 Å². The zero-order chi connectivity index (χ0) is 17.6. The molecule has 0 aliphatic heterocycles. The largest absolute Gasteiger partial charge is 0.377 e. The Morgan fingerprint density at radius 1 is 1.32 bits per heavy atom. The van der Waals surface area contributed by atoms with Crippen LogP contribution in [0.5, 0.6) is 0 Å². The number of methoxy groups -OCH3 is 1. The van der Waals surface area contributed by atoms with Gasteiger partial charge in [-0.1, -0.05) is 18.2 Å². The number of ether oxygens (including phenoxy) is 1. The average molecular weight is 356 g/mol. The molecule has 6 nitrogen and oxygen atoms in total. The molecule has 0 aliphatic carbocycles. The van der Waals surface area contributed by atoms with E-state index in [2.05, 4.69) is 26.6 Å². The molecule has 0 radical (unpaired) electrons. The number of nitrogens with one attached hydrogen (secondary N) is 2. The quantitative estimate of drug-likeness (QED) is 0.682. The van der Waals surface area contributed by atoms with Crippen LogP contribution in [-0.2, 0) is 17.8 Å². The summed E-state index contributed by atoms with van der Waals surface area (Å²) in [6, 6.07) is 11.4. The first kappa shape index (κ1) is 17.3. The molecule has 2 aromatic heterocycles. The van der Waals surface area contributed by atoms with Crippen LogP contribution in [0.3, 0.4) is 0 Å². The first-order valence-electron chi connectivity index (χ1n) is 7.99. The molecule has 1 unspecified atom stereocenters. The Labute approximate surface area is 150 Å². The summed E-state index contributed by atoms with van der Waals surface area (Å²) in [5.74, 6) is 1.18. The maximum absolute atomic E-state index is 12.4. The Bertz CT molecular complexity index is 812. The topological polar surface area (TPSA) is 79.9 Å². The molecule has 0 spiro atoms. The molecule has 1 amide bonds. The van der Waals surface area contributed by atoms with Gasteiger partial charge >= 0.3 is 0 Å². The van der Waals surface area contributed by atoms with Crippen molar-refractivity contribution in [2.45, 2.75) is 26.0 Å². The number of hydrogen-bond donors (Lipinski definition) is 2. The van der Waals surface area contributed by atoms with Gasteiger partial charge in [0.2, 0.25) is 0 Å². The molecular formula is C18H20N4O2S. The molecule has 2 heterocycles. The zero-order valence-electron chi connectivity index (χ0n) is 14.2. The van der Waals surface area contributed by atoms with E-state index < -0.39 is 0 Å². The van der Waals surface area contributed by atoms with Crippen LogP contribution in [0.15, 0.2) is 41.8 Å². The Morgan fingerprint density at radius 2 is 2.12 bits per heavy atom. The average Bonchev–Trinajstić information content (AvgIpc) is 3.27. The van der Waals surface area contributed by atoms with Crippen LogP contribution in [0.25, 0.3) is 11.4 Å². The molecular weight excluding hydrogens is 336 g/mol. The first-order valence-corrected chi connectivity index (χ1v) is 8.87. The number of aromatic nitrogens is 3. The fourth-order valence-corrected chi connectivity index (χ4v) is 3.32. The van der Waals surface area contributed by atoms with Crippen LogP contribution in [0.1, 0.15) is 28.0 Å². The van der Waals surface area contributed by atoms with Gasteiger partial charge in [0, 0.05) is 35.6 Å². The van der Waals surface area contributed by atoms with Crippen LogP contribution < -0.4 is 5.32 Å². The summed E-state index contributed by atoms with van der Waals surface area (Å²) in [5, 5.41) is 12.1. The van der Waals surface area contributed by atoms with Crippen LogP contribution in [0, 0.1) is 0 Å². The van der Waals surface area contributed by atoms with Crippen molar-refractivity contribution in [2.24, 2.45) is 0 Å². The highest BCUT2D eigenvalue weighted by Crippen LogP contribution is 2.16. The van der Waals surface area contributed by atoms with E-state index in [1.807, 2.05) is 30.5 Å². The summed E-state index contributed by atoms with van der Waals surface area (Å²) in [4.78, 5) is 18.0. The minimum absolute atomic E-state index is 0.0781. The first-order chi connectivity index (χ1) is 12.2. The highest BCUT2D eigenvalue weighted by molar-refractivity contribution is 7.09. The number of rotatable bonds is 7. The second-order valence-electron chi connectivity index (χ2n) is 5.77. The highest BCUT2D eigenvalue weighted by atomic mass is 32.1. The van der Waals surface area contributed by atoms with Gasteiger partial charge in [-0.25, -0.2) is 4.98 Å². The van der Waals surface area contributed by atoms with Gasteiger partial charge in [-0.2, -0.15) is 5.10 Å². The van der Waals surface area contributed by atoms with Gasteiger partial charge in [0.05, 0.1) is 0 Å². The molecule has 1 atom stereocenters. The minimum Gasteiger partial charge on any atom is -0.377 e. The van der Waals surface area contributed by atoms with Gasteiger partial charge in [-0.3, -0.25) is 9.89 Å². The van der Waals surface area contributed by atoms with Crippen molar-refractivity contribution >= 4 is 17.2 Å². The molecule has 0 saturated carbocycles. The van der Waals surface area contributed by atoms with Crippen molar-refractivity contribution in [3.63, 3.8) is 0 Å². The highest BCUT2D eigenvalue weighted by Gasteiger charge is 2.12. The van der Waals surface area contributed by atoms with E-state index in [4.69, 9.17) is 4.74 Å². The SMILES string of the molecule is COCc1nc(-c2ccc(C(=O)NC(C)Cc3cccs3)cc2)n[nH]1. The zero-order valence-corrected chi connectivity index (χ0v) is 15.0. The second kappa shape index (κ2) is 8.04. The number of hydrogen-bond acceptors (Lipinski definition) is 5. The molecule has 1 aromatic carbocycles. The Balaban J connectivity index is 1.61. The summed E-state index contributed by atoms with van der Waals surface area (Å²) in [5.41, 5.74) is 1.47. The number of nitrogens with zero attached hydrogens (tertiary/aromatic N) is 2. The third-order valence-corrected chi connectivity index (χ3v) is 4.58. The molecule has 0 fully saturated rings. The molecule has 0 saturated heterocycles. The molecule has 0 aliphatic rings. The standard InChI is InChI=1S/C18H20N4O2S/c1-12(10-15-4-3-9-25-15)19-18(23)14-7-5-13(6-8-14)17-20-16(11-24-2)21-22-17/h3-9,12H,10-11H2,1-2H3,(H,19,23)(H,20,21,22). The van der Waals surface area contributed by atoms with Crippen LogP contribution >= 0.6 is 11.3 Å². The number of thiophene rings is 1. The van der Waals surface area contributed by atoms with Crippen molar-refractivity contribution in [2.75, 3.05) is 7.11 Å². The number of carbonyl (C=O) groups is 1. The lowest BCUT2D eigenvalue weighted by molar-refractivity contribution is 0.0940. The van der Waals surface area contributed by atoms with Crippen molar-refractivity contribution in [1.82, 2.24) is 20.5 Å². The van der Waals surface area contributed by atoms with Gasteiger partial charge in [-0.15, -0.1) is 11.3 Å². The second-order valence-corrected chi connectivity index (χ2v) is 6.81. The third-order valence-electron chi connectivity index (χ3n) is 3.68. The van der Waals surface area contributed by atoms with E-state index in [-0.39, 0.29) is 11.9 Å². The van der Waals surface area contributed by atoms with Crippen LogP contribution in [0.2, 0.25) is 0 Å². The van der Waals surface area contributed by atoms with Crippen molar-refractivity contribution < 1.29 is 9.53 Å². The number of H-pyrrole nitrogens is 1. The van der Waals surface area contributed by atoms with Gasteiger partial charge in [0.15, 0.2) is 11.6 Å². The fraction of sp³-hybridized carbons (Fsp3) is 0.278. The van der Waals surface area contributed by atoms with Gasteiger partial charge in [0.1, 0.15) is 6.61 Å². The van der Waals surface area contributed by atoms with E-state index in [1.165, 1.54) is 4.88 Å². The monoisotopic (exact) mass is 356 g/mol. The van der Waals surface area contributed by atoms with E-state index >= 15 is 0 Å². The molecule has 3 aromatic rings. The van der Waals surface area contributed by atoms with E-state index in [0.717, 1.165) is 12.0 Å². The molecule has 0 bridgehead atoms. The van der Waals surface area contributed by atoms with Gasteiger partial charge < -0.3 is 10.1 Å². The summed E-state index contributed by atoms with van der Waals surface area (Å²) < 4.78 is 5.02. The third kappa shape index (κ3) is 4.52. The molecule has 130 valence electrons. The van der Waals surface area contributed by atoms with Crippen LogP contribution in [0.4, 0.5) is 0 Å². The molecule has 25 heavy (non-hydrogen) atoms.